The molecular weight excluding hydrogens is 250 g/mol. The van der Waals surface area contributed by atoms with Crippen molar-refractivity contribution in [3.05, 3.63) is 29.8 Å². The highest BCUT2D eigenvalue weighted by Crippen LogP contribution is 2.27. The van der Waals surface area contributed by atoms with Crippen molar-refractivity contribution >= 4 is 11.6 Å². The monoisotopic (exact) mass is 273 g/mol. The van der Waals surface area contributed by atoms with Crippen molar-refractivity contribution < 1.29 is 4.79 Å². The van der Waals surface area contributed by atoms with Crippen molar-refractivity contribution in [3.63, 3.8) is 0 Å². The molecule has 2 heterocycles. The predicted octanol–water partition coefficient (Wildman–Crippen LogP) is 1.46. The van der Waals surface area contributed by atoms with Crippen LogP contribution in [0.5, 0.6) is 0 Å². The molecule has 20 heavy (non-hydrogen) atoms. The molecule has 1 amide bonds. The summed E-state index contributed by atoms with van der Waals surface area (Å²) in [4.78, 5) is 17.1. The maximum atomic E-state index is 12.7. The van der Waals surface area contributed by atoms with Gasteiger partial charge in [0.25, 0.3) is 0 Å². The molecule has 0 aliphatic carbocycles. The molecule has 1 aromatic rings. The van der Waals surface area contributed by atoms with Gasteiger partial charge in [0, 0.05) is 38.4 Å². The van der Waals surface area contributed by atoms with Crippen LogP contribution in [0.25, 0.3) is 0 Å². The number of carbonyl (C=O) groups excluding carboxylic acids is 1. The van der Waals surface area contributed by atoms with Gasteiger partial charge >= 0.3 is 0 Å². The molecule has 1 fully saturated rings. The summed E-state index contributed by atoms with van der Waals surface area (Å²) >= 11 is 0. The van der Waals surface area contributed by atoms with Crippen LogP contribution in [0.2, 0.25) is 0 Å². The van der Waals surface area contributed by atoms with E-state index >= 15 is 0 Å². The highest BCUT2D eigenvalue weighted by molar-refractivity contribution is 5.80. The third kappa shape index (κ3) is 2.40. The molecule has 1 aromatic carbocycles. The average molecular weight is 273 g/mol. The van der Waals surface area contributed by atoms with E-state index in [1.165, 1.54) is 11.3 Å². The molecule has 0 saturated carbocycles. The predicted molar refractivity (Wildman–Crippen MR) is 80.7 cm³/mol. The van der Waals surface area contributed by atoms with Gasteiger partial charge in [-0.1, -0.05) is 18.2 Å². The highest BCUT2D eigenvalue weighted by atomic mass is 16.2. The lowest BCUT2D eigenvalue weighted by molar-refractivity contribution is -0.137. The van der Waals surface area contributed by atoms with Crippen LogP contribution in [-0.4, -0.2) is 43.5 Å². The van der Waals surface area contributed by atoms with E-state index in [-0.39, 0.29) is 12.0 Å². The van der Waals surface area contributed by atoms with E-state index in [1.807, 2.05) is 0 Å². The van der Waals surface area contributed by atoms with Crippen LogP contribution in [0.15, 0.2) is 24.3 Å². The Hall–Kier alpha value is -1.55. The zero-order valence-corrected chi connectivity index (χ0v) is 12.3. The van der Waals surface area contributed by atoms with E-state index in [0.717, 1.165) is 32.6 Å². The van der Waals surface area contributed by atoms with Gasteiger partial charge in [-0.25, -0.2) is 0 Å². The van der Waals surface area contributed by atoms with Gasteiger partial charge in [0.1, 0.15) is 0 Å². The SMILES string of the molecule is C[C@@H]1CN(C)c2ccccc2CN1C(=O)[C@@H]1CCNC1. The Balaban J connectivity index is 1.86. The smallest absolute Gasteiger partial charge is 0.227 e. The third-order valence-electron chi connectivity index (χ3n) is 4.51. The standard InChI is InChI=1S/C16H23N3O/c1-12-10-18(2)15-6-4-3-5-14(15)11-19(12)16(20)13-7-8-17-9-13/h3-6,12-13,17H,7-11H2,1-2H3/t12-,13-/m1/s1. The van der Waals surface area contributed by atoms with E-state index in [4.69, 9.17) is 0 Å². The van der Waals surface area contributed by atoms with Crippen LogP contribution in [0.3, 0.4) is 0 Å². The zero-order chi connectivity index (χ0) is 14.1. The second kappa shape index (κ2) is 5.44. The van der Waals surface area contributed by atoms with E-state index in [0.29, 0.717) is 5.91 Å². The fourth-order valence-corrected chi connectivity index (χ4v) is 3.34. The van der Waals surface area contributed by atoms with Crippen LogP contribution < -0.4 is 10.2 Å². The molecule has 0 spiro atoms. The van der Waals surface area contributed by atoms with Gasteiger partial charge in [-0.15, -0.1) is 0 Å². The number of hydrogen-bond acceptors (Lipinski definition) is 3. The van der Waals surface area contributed by atoms with Gasteiger partial charge in [0.2, 0.25) is 5.91 Å². The highest BCUT2D eigenvalue weighted by Gasteiger charge is 2.32. The molecule has 0 unspecified atom stereocenters. The quantitative estimate of drug-likeness (QED) is 0.841. The van der Waals surface area contributed by atoms with Crippen molar-refractivity contribution in [2.45, 2.75) is 25.9 Å². The Morgan fingerprint density at radius 2 is 2.15 bits per heavy atom. The number of carbonyl (C=O) groups is 1. The molecule has 2 aliphatic rings. The molecule has 108 valence electrons. The Labute approximate surface area is 120 Å². The minimum absolute atomic E-state index is 0.160. The lowest BCUT2D eigenvalue weighted by Gasteiger charge is -2.30. The first kappa shape index (κ1) is 13.4. The van der Waals surface area contributed by atoms with E-state index in [1.54, 1.807) is 0 Å². The van der Waals surface area contributed by atoms with Crippen LogP contribution in [0, 0.1) is 5.92 Å². The first-order valence-corrected chi connectivity index (χ1v) is 7.47. The number of hydrogen-bond donors (Lipinski definition) is 1. The number of amides is 1. The zero-order valence-electron chi connectivity index (χ0n) is 12.3. The third-order valence-corrected chi connectivity index (χ3v) is 4.51. The fourth-order valence-electron chi connectivity index (χ4n) is 3.34. The molecule has 2 atom stereocenters. The fraction of sp³-hybridized carbons (Fsp3) is 0.562. The van der Waals surface area contributed by atoms with Gasteiger partial charge in [-0.2, -0.15) is 0 Å². The molecule has 3 rings (SSSR count). The van der Waals surface area contributed by atoms with Gasteiger partial charge in [-0.3, -0.25) is 4.79 Å². The number of nitrogens with zero attached hydrogens (tertiary/aromatic N) is 2. The molecule has 0 radical (unpaired) electrons. The molecule has 2 aliphatic heterocycles. The summed E-state index contributed by atoms with van der Waals surface area (Å²) in [7, 11) is 2.11. The summed E-state index contributed by atoms with van der Waals surface area (Å²) in [5.74, 6) is 0.473. The summed E-state index contributed by atoms with van der Waals surface area (Å²) < 4.78 is 0. The summed E-state index contributed by atoms with van der Waals surface area (Å²) in [6.45, 7) is 5.58. The van der Waals surface area contributed by atoms with Crippen LogP contribution in [0.1, 0.15) is 18.9 Å². The Morgan fingerprint density at radius 1 is 1.35 bits per heavy atom. The van der Waals surface area contributed by atoms with Gasteiger partial charge in [0.05, 0.1) is 5.92 Å². The number of anilines is 1. The van der Waals surface area contributed by atoms with Crippen LogP contribution in [0.4, 0.5) is 5.69 Å². The van der Waals surface area contributed by atoms with Crippen molar-refractivity contribution in [1.82, 2.24) is 10.2 Å². The first-order chi connectivity index (χ1) is 9.66. The lowest BCUT2D eigenvalue weighted by Crippen LogP contribution is -2.45. The van der Waals surface area contributed by atoms with Crippen molar-refractivity contribution in [3.8, 4) is 0 Å². The Bertz CT molecular complexity index is 496. The Morgan fingerprint density at radius 3 is 2.90 bits per heavy atom. The maximum absolute atomic E-state index is 12.7. The molecule has 0 bridgehead atoms. The lowest BCUT2D eigenvalue weighted by atomic mass is 10.1. The van der Waals surface area contributed by atoms with Crippen molar-refractivity contribution in [2.24, 2.45) is 5.92 Å². The van der Waals surface area contributed by atoms with Crippen LogP contribution in [-0.2, 0) is 11.3 Å². The number of nitrogens with one attached hydrogen (secondary N) is 1. The largest absolute Gasteiger partial charge is 0.372 e. The number of likely N-dealkylation sites (N-methyl/N-ethyl adjacent to an activating group) is 1. The first-order valence-electron chi connectivity index (χ1n) is 7.47. The molecule has 1 N–H and O–H groups in total. The molecule has 0 aromatic heterocycles. The molecule has 4 heteroatoms. The molecule has 4 nitrogen and oxygen atoms in total. The van der Waals surface area contributed by atoms with E-state index in [2.05, 4.69) is 53.4 Å². The average Bonchev–Trinajstić information content (AvgIpc) is 2.94. The second-order valence-electron chi connectivity index (χ2n) is 6.01. The van der Waals surface area contributed by atoms with Crippen molar-refractivity contribution in [1.29, 1.82) is 0 Å². The summed E-state index contributed by atoms with van der Waals surface area (Å²) in [6, 6.07) is 8.66. The number of rotatable bonds is 1. The summed E-state index contributed by atoms with van der Waals surface area (Å²) in [5, 5.41) is 3.29. The summed E-state index contributed by atoms with van der Waals surface area (Å²) in [6.07, 6.45) is 0.972. The molecule has 1 saturated heterocycles. The number of fused-ring (bicyclic) bond motifs is 1. The van der Waals surface area contributed by atoms with Gasteiger partial charge in [0.15, 0.2) is 0 Å². The number of para-hydroxylation sites is 1. The van der Waals surface area contributed by atoms with Crippen LogP contribution >= 0.6 is 0 Å². The summed E-state index contributed by atoms with van der Waals surface area (Å²) in [5.41, 5.74) is 2.50. The topological polar surface area (TPSA) is 35.6 Å². The van der Waals surface area contributed by atoms with Crippen molar-refractivity contribution in [2.75, 3.05) is 31.6 Å². The maximum Gasteiger partial charge on any atom is 0.227 e. The minimum Gasteiger partial charge on any atom is -0.372 e. The normalized spacial score (nSPS) is 26.3. The van der Waals surface area contributed by atoms with Gasteiger partial charge in [-0.05, 0) is 31.5 Å². The molecular formula is C16H23N3O. The minimum atomic E-state index is 0.160. The van der Waals surface area contributed by atoms with E-state index in [9.17, 15) is 4.79 Å². The second-order valence-corrected chi connectivity index (χ2v) is 6.01. The Kier molecular flexibility index (Phi) is 3.66. The number of benzene rings is 1. The van der Waals surface area contributed by atoms with Gasteiger partial charge < -0.3 is 15.1 Å². The van der Waals surface area contributed by atoms with E-state index < -0.39 is 0 Å².